The summed E-state index contributed by atoms with van der Waals surface area (Å²) in [5.41, 5.74) is 0.872. The number of rotatable bonds is 6. The number of sulfonamides is 1. The summed E-state index contributed by atoms with van der Waals surface area (Å²) in [5, 5.41) is 12.0. The molecule has 1 aromatic heterocycles. The smallest absolute Gasteiger partial charge is 0.343 e. The molecule has 0 bridgehead atoms. The van der Waals surface area contributed by atoms with E-state index in [0.29, 0.717) is 28.6 Å². The average molecular weight is 385 g/mol. The minimum Gasteiger partial charge on any atom is -0.507 e. The van der Waals surface area contributed by atoms with E-state index in [4.69, 9.17) is 4.42 Å². The van der Waals surface area contributed by atoms with Gasteiger partial charge in [-0.1, -0.05) is 37.8 Å². The normalized spacial score (nSPS) is 12.6. The van der Waals surface area contributed by atoms with Crippen molar-refractivity contribution in [2.45, 2.75) is 19.3 Å². The second-order valence-corrected chi connectivity index (χ2v) is 7.68. The largest absolute Gasteiger partial charge is 0.507 e. The molecule has 0 amide bonds. The molecular formula is C20H19NO5S. The minimum atomic E-state index is -3.65. The Kier molecular flexibility index (Phi) is 5.05. The number of benzene rings is 2. The van der Waals surface area contributed by atoms with E-state index in [1.807, 2.05) is 6.92 Å². The Morgan fingerprint density at radius 1 is 1.22 bits per heavy atom. The highest BCUT2D eigenvalue weighted by Crippen LogP contribution is 2.36. The highest BCUT2D eigenvalue weighted by Gasteiger charge is 2.23. The highest BCUT2D eigenvalue weighted by molar-refractivity contribution is 7.95. The first-order chi connectivity index (χ1) is 12.9. The Balaban J connectivity index is 2.13. The van der Waals surface area contributed by atoms with Gasteiger partial charge in [0.15, 0.2) is 0 Å². The molecule has 2 aromatic carbocycles. The van der Waals surface area contributed by atoms with Crippen molar-refractivity contribution in [1.29, 1.82) is 0 Å². The fraction of sp³-hybridized carbons (Fsp3) is 0.150. The van der Waals surface area contributed by atoms with E-state index in [-0.39, 0.29) is 11.3 Å². The molecule has 3 rings (SSSR count). The van der Waals surface area contributed by atoms with E-state index in [9.17, 15) is 18.3 Å². The molecule has 0 saturated heterocycles. The Morgan fingerprint density at radius 2 is 1.96 bits per heavy atom. The molecule has 0 radical (unpaired) electrons. The number of aromatic hydroxyl groups is 1. The van der Waals surface area contributed by atoms with Crippen LogP contribution < -0.4 is 10.3 Å². The van der Waals surface area contributed by atoms with Gasteiger partial charge in [0.25, 0.3) is 10.0 Å². The maximum atomic E-state index is 12.5. The summed E-state index contributed by atoms with van der Waals surface area (Å²) in [4.78, 5) is 12.5. The molecule has 0 fully saturated rings. The summed E-state index contributed by atoms with van der Waals surface area (Å²) in [6.45, 7) is 5.14. The first-order valence-corrected chi connectivity index (χ1v) is 9.91. The van der Waals surface area contributed by atoms with Crippen LogP contribution in [0.15, 0.2) is 69.7 Å². The zero-order chi connectivity index (χ0) is 19.6. The van der Waals surface area contributed by atoms with Crippen LogP contribution in [-0.2, 0) is 10.0 Å². The van der Waals surface area contributed by atoms with Crippen LogP contribution >= 0.6 is 0 Å². The summed E-state index contributed by atoms with van der Waals surface area (Å²) in [5.74, 6) is -0.579. The van der Waals surface area contributed by atoms with E-state index >= 15 is 0 Å². The summed E-state index contributed by atoms with van der Waals surface area (Å²) >= 11 is 0. The fourth-order valence-electron chi connectivity index (χ4n) is 3.09. The van der Waals surface area contributed by atoms with Crippen molar-refractivity contribution in [2.24, 2.45) is 0 Å². The van der Waals surface area contributed by atoms with Crippen LogP contribution in [0.5, 0.6) is 5.75 Å². The number of anilines is 1. The van der Waals surface area contributed by atoms with Crippen molar-refractivity contribution < 1.29 is 17.9 Å². The predicted octanol–water partition coefficient (Wildman–Crippen LogP) is 3.93. The SMILES string of the molecule is C=CS(=O)(=O)Nc1cccc(C(CC)c2c(O)c3ccccc3oc2=O)c1. The maximum absolute atomic E-state index is 12.5. The summed E-state index contributed by atoms with van der Waals surface area (Å²) < 4.78 is 31.2. The van der Waals surface area contributed by atoms with Crippen LogP contribution in [0.3, 0.4) is 0 Å². The Hall–Kier alpha value is -3.06. The van der Waals surface area contributed by atoms with Gasteiger partial charge in [0.1, 0.15) is 11.3 Å². The lowest BCUT2D eigenvalue weighted by atomic mass is 9.88. The number of hydrogen-bond acceptors (Lipinski definition) is 5. The Labute approximate surface area is 156 Å². The average Bonchev–Trinajstić information content (AvgIpc) is 2.65. The topological polar surface area (TPSA) is 96.6 Å². The Bertz CT molecular complexity index is 1160. The molecule has 1 atom stereocenters. The van der Waals surface area contributed by atoms with Crippen LogP contribution in [0.25, 0.3) is 11.0 Å². The molecule has 7 heteroatoms. The van der Waals surface area contributed by atoms with Gasteiger partial charge in [0.05, 0.1) is 10.9 Å². The van der Waals surface area contributed by atoms with E-state index in [1.165, 1.54) is 0 Å². The monoisotopic (exact) mass is 385 g/mol. The third-order valence-corrected chi connectivity index (χ3v) is 5.30. The lowest BCUT2D eigenvalue weighted by Crippen LogP contribution is -2.14. The van der Waals surface area contributed by atoms with Crippen LogP contribution in [-0.4, -0.2) is 13.5 Å². The van der Waals surface area contributed by atoms with Crippen molar-refractivity contribution in [3.05, 3.63) is 82.1 Å². The molecular weight excluding hydrogens is 366 g/mol. The maximum Gasteiger partial charge on any atom is 0.343 e. The van der Waals surface area contributed by atoms with Crippen LogP contribution in [0.4, 0.5) is 5.69 Å². The lowest BCUT2D eigenvalue weighted by Gasteiger charge is -2.18. The molecule has 2 N–H and O–H groups in total. The first kappa shape index (κ1) is 18.7. The van der Waals surface area contributed by atoms with Crippen LogP contribution in [0, 0.1) is 0 Å². The quantitative estimate of drug-likeness (QED) is 0.627. The molecule has 0 saturated carbocycles. The molecule has 0 aliphatic rings. The van der Waals surface area contributed by atoms with E-state index in [1.54, 1.807) is 48.5 Å². The number of fused-ring (bicyclic) bond motifs is 1. The lowest BCUT2D eigenvalue weighted by molar-refractivity contribution is 0.450. The van der Waals surface area contributed by atoms with Gasteiger partial charge < -0.3 is 9.52 Å². The van der Waals surface area contributed by atoms with E-state index in [2.05, 4.69) is 11.3 Å². The second kappa shape index (κ2) is 7.28. The first-order valence-electron chi connectivity index (χ1n) is 8.36. The molecule has 6 nitrogen and oxygen atoms in total. The van der Waals surface area contributed by atoms with Gasteiger partial charge in [0.2, 0.25) is 0 Å². The molecule has 0 aliphatic carbocycles. The Morgan fingerprint density at radius 3 is 2.67 bits per heavy atom. The zero-order valence-corrected chi connectivity index (χ0v) is 15.5. The third-order valence-electron chi connectivity index (χ3n) is 4.35. The molecule has 27 heavy (non-hydrogen) atoms. The van der Waals surface area contributed by atoms with E-state index < -0.39 is 21.6 Å². The van der Waals surface area contributed by atoms with Crippen molar-refractivity contribution in [3.63, 3.8) is 0 Å². The fourth-order valence-corrected chi connectivity index (χ4v) is 3.63. The predicted molar refractivity (Wildman–Crippen MR) is 105 cm³/mol. The van der Waals surface area contributed by atoms with Gasteiger partial charge in [-0.2, -0.15) is 0 Å². The standard InChI is InChI=1S/C20H19NO5S/c1-3-15(13-8-7-9-14(12-13)21-27(24,25)4-2)18-19(22)16-10-5-6-11-17(16)26-20(18)23/h4-12,15,21-22H,2-3H2,1H3. The van der Waals surface area contributed by atoms with Gasteiger partial charge in [-0.05, 0) is 36.2 Å². The van der Waals surface area contributed by atoms with Gasteiger partial charge in [-0.25, -0.2) is 13.2 Å². The number of hydrogen-bond donors (Lipinski definition) is 2. The molecule has 0 aliphatic heterocycles. The van der Waals surface area contributed by atoms with Crippen molar-refractivity contribution in [1.82, 2.24) is 0 Å². The van der Waals surface area contributed by atoms with Crippen molar-refractivity contribution >= 4 is 26.7 Å². The zero-order valence-electron chi connectivity index (χ0n) is 14.7. The molecule has 1 heterocycles. The molecule has 0 spiro atoms. The minimum absolute atomic E-state index is 0.120. The third kappa shape index (κ3) is 3.73. The molecule has 140 valence electrons. The number of para-hydroxylation sites is 1. The van der Waals surface area contributed by atoms with E-state index in [0.717, 1.165) is 5.41 Å². The van der Waals surface area contributed by atoms with Gasteiger partial charge in [-0.15, -0.1) is 0 Å². The highest BCUT2D eigenvalue weighted by atomic mass is 32.2. The van der Waals surface area contributed by atoms with Crippen molar-refractivity contribution in [2.75, 3.05) is 4.72 Å². The van der Waals surface area contributed by atoms with Gasteiger partial charge >= 0.3 is 5.63 Å². The van der Waals surface area contributed by atoms with Gasteiger partial charge in [-0.3, -0.25) is 4.72 Å². The van der Waals surface area contributed by atoms with Crippen LogP contribution in [0.1, 0.15) is 30.4 Å². The summed E-state index contributed by atoms with van der Waals surface area (Å²) in [7, 11) is -3.65. The van der Waals surface area contributed by atoms with Crippen molar-refractivity contribution in [3.8, 4) is 5.75 Å². The molecule has 3 aromatic rings. The second-order valence-electron chi connectivity index (χ2n) is 6.05. The summed E-state index contributed by atoms with van der Waals surface area (Å²) in [6.07, 6.45) is 0.508. The van der Waals surface area contributed by atoms with Gasteiger partial charge in [0, 0.05) is 17.0 Å². The molecule has 1 unspecified atom stereocenters. The summed E-state index contributed by atoms with van der Waals surface area (Å²) in [6, 6.07) is 13.4. The van der Waals surface area contributed by atoms with Crippen LogP contribution in [0.2, 0.25) is 0 Å². The number of nitrogens with one attached hydrogen (secondary N) is 1.